The largest absolute Gasteiger partial charge is 0.393 e. The Morgan fingerprint density at radius 3 is 2.14 bits per heavy atom. The highest BCUT2D eigenvalue weighted by Gasteiger charge is 2.35. The maximum absolute atomic E-state index is 9.70. The Morgan fingerprint density at radius 1 is 1.21 bits per heavy atom. The summed E-state index contributed by atoms with van der Waals surface area (Å²) in [6, 6.07) is 0.506. The van der Waals surface area contributed by atoms with Gasteiger partial charge in [0, 0.05) is 18.1 Å². The Hall–Kier alpha value is 0.210. The number of hydrogen-bond donors (Lipinski definition) is 1. The average Bonchev–Trinajstić information content (AvgIpc) is 1.94. The van der Waals surface area contributed by atoms with E-state index >= 15 is 0 Å². The third-order valence-electron chi connectivity index (χ3n) is 3.12. The zero-order valence-corrected chi connectivity index (χ0v) is 10.8. The highest BCUT2D eigenvalue weighted by Crippen LogP contribution is 2.28. The van der Waals surface area contributed by atoms with Gasteiger partial charge in [-0.2, -0.15) is 0 Å². The van der Waals surface area contributed by atoms with Gasteiger partial charge in [0.05, 0.1) is 6.10 Å². The van der Waals surface area contributed by atoms with Crippen molar-refractivity contribution in [3.05, 3.63) is 0 Å². The van der Waals surface area contributed by atoms with Crippen LogP contribution in [0.15, 0.2) is 0 Å². The third-order valence-corrected chi connectivity index (χ3v) is 3.12. The van der Waals surface area contributed by atoms with Crippen LogP contribution in [-0.2, 0) is 0 Å². The molecule has 0 aliphatic carbocycles. The van der Waals surface area contributed by atoms with Crippen LogP contribution in [-0.4, -0.2) is 34.2 Å². The first-order chi connectivity index (χ1) is 5.82. The van der Waals surface area contributed by atoms with Gasteiger partial charge in [0.25, 0.3) is 0 Å². The zero-order chi connectivity index (χ0) is 10.2. The van der Waals surface area contributed by atoms with E-state index < -0.39 is 0 Å². The summed E-state index contributed by atoms with van der Waals surface area (Å²) in [6.07, 6.45) is 0.812. The van der Waals surface area contributed by atoms with Gasteiger partial charge in [0.15, 0.2) is 0 Å². The molecule has 2 nitrogen and oxygen atoms in total. The van der Waals surface area contributed by atoms with Crippen LogP contribution in [0.5, 0.6) is 0 Å². The number of hydrogen-bond acceptors (Lipinski definition) is 2. The number of rotatable bonds is 0. The molecule has 0 amide bonds. The zero-order valence-electron chi connectivity index (χ0n) is 9.95. The van der Waals surface area contributed by atoms with Gasteiger partial charge in [-0.25, -0.2) is 0 Å². The number of halogens is 1. The van der Waals surface area contributed by atoms with Crippen molar-refractivity contribution in [2.24, 2.45) is 5.92 Å². The van der Waals surface area contributed by atoms with E-state index in [1.807, 2.05) is 0 Å². The molecule has 0 radical (unpaired) electrons. The summed E-state index contributed by atoms with van der Waals surface area (Å²) in [5.41, 5.74) is 0.230. The molecule has 0 aromatic carbocycles. The third kappa shape index (κ3) is 3.11. The Bertz CT molecular complexity index is 179. The summed E-state index contributed by atoms with van der Waals surface area (Å²) in [7, 11) is 0. The number of aliphatic hydroxyl groups is 1. The predicted molar refractivity (Wildman–Crippen MR) is 63.0 cm³/mol. The quantitative estimate of drug-likeness (QED) is 0.679. The SMILES string of the molecule is CC1CN(C(C)(C)C)C(C)CC1O.Cl. The maximum Gasteiger partial charge on any atom is 0.0592 e. The molecule has 1 aliphatic heterocycles. The molecule has 0 saturated carbocycles. The van der Waals surface area contributed by atoms with Crippen LogP contribution in [0, 0.1) is 5.92 Å². The van der Waals surface area contributed by atoms with Crippen LogP contribution < -0.4 is 0 Å². The minimum absolute atomic E-state index is 0. The minimum atomic E-state index is -0.103. The molecule has 14 heavy (non-hydrogen) atoms. The highest BCUT2D eigenvalue weighted by atomic mass is 35.5. The van der Waals surface area contributed by atoms with Crippen molar-refractivity contribution >= 4 is 12.4 Å². The second-order valence-corrected chi connectivity index (χ2v) is 5.45. The molecule has 1 aliphatic rings. The van der Waals surface area contributed by atoms with Gasteiger partial charge in [0.1, 0.15) is 0 Å². The summed E-state index contributed by atoms with van der Waals surface area (Å²) in [5.74, 6) is 0.412. The summed E-state index contributed by atoms with van der Waals surface area (Å²) < 4.78 is 0. The van der Waals surface area contributed by atoms with E-state index in [1.54, 1.807) is 0 Å². The van der Waals surface area contributed by atoms with Crippen molar-refractivity contribution in [1.82, 2.24) is 4.90 Å². The van der Waals surface area contributed by atoms with Gasteiger partial charge >= 0.3 is 0 Å². The number of nitrogens with zero attached hydrogens (tertiary/aromatic N) is 1. The molecule has 1 rings (SSSR count). The number of likely N-dealkylation sites (tertiary alicyclic amines) is 1. The van der Waals surface area contributed by atoms with Crippen molar-refractivity contribution in [1.29, 1.82) is 0 Å². The van der Waals surface area contributed by atoms with Crippen LogP contribution in [0.1, 0.15) is 41.0 Å². The van der Waals surface area contributed by atoms with Gasteiger partial charge in [0.2, 0.25) is 0 Å². The first-order valence-electron chi connectivity index (χ1n) is 5.27. The Balaban J connectivity index is 0.00000169. The lowest BCUT2D eigenvalue weighted by Crippen LogP contribution is -2.55. The second-order valence-electron chi connectivity index (χ2n) is 5.45. The van der Waals surface area contributed by atoms with Gasteiger partial charge in [-0.3, -0.25) is 4.90 Å². The van der Waals surface area contributed by atoms with Crippen LogP contribution >= 0.6 is 12.4 Å². The Kier molecular flexibility index (Phi) is 4.89. The van der Waals surface area contributed by atoms with Crippen molar-refractivity contribution in [3.63, 3.8) is 0 Å². The van der Waals surface area contributed by atoms with E-state index in [4.69, 9.17) is 0 Å². The molecular formula is C11H24ClNO. The molecule has 0 bridgehead atoms. The smallest absolute Gasteiger partial charge is 0.0592 e. The van der Waals surface area contributed by atoms with Crippen LogP contribution in [0.2, 0.25) is 0 Å². The van der Waals surface area contributed by atoms with Crippen LogP contribution in [0.4, 0.5) is 0 Å². The topological polar surface area (TPSA) is 23.5 Å². The van der Waals surface area contributed by atoms with Crippen molar-refractivity contribution in [2.45, 2.75) is 58.7 Å². The molecule has 3 atom stereocenters. The van der Waals surface area contributed by atoms with E-state index in [1.165, 1.54) is 0 Å². The lowest BCUT2D eigenvalue weighted by atomic mass is 9.88. The van der Waals surface area contributed by atoms with Gasteiger partial charge in [-0.1, -0.05) is 6.92 Å². The lowest BCUT2D eigenvalue weighted by Gasteiger charge is -2.47. The van der Waals surface area contributed by atoms with E-state index in [0.717, 1.165) is 13.0 Å². The first-order valence-corrected chi connectivity index (χ1v) is 5.27. The molecule has 1 saturated heterocycles. The molecule has 1 fully saturated rings. The fourth-order valence-corrected chi connectivity index (χ4v) is 2.26. The predicted octanol–water partition coefficient (Wildman–Crippen LogP) is 2.30. The van der Waals surface area contributed by atoms with Gasteiger partial charge in [-0.15, -0.1) is 12.4 Å². The average molecular weight is 222 g/mol. The molecule has 0 aromatic heterocycles. The molecule has 86 valence electrons. The molecule has 1 heterocycles. The standard InChI is InChI=1S/C11H23NO.ClH/c1-8-7-12(11(3,4)5)9(2)6-10(8)13;/h8-10,13H,6-7H2,1-5H3;1H. The molecule has 0 aromatic rings. The molecule has 3 heteroatoms. The first kappa shape index (κ1) is 14.2. The van der Waals surface area contributed by atoms with Crippen LogP contribution in [0.25, 0.3) is 0 Å². The van der Waals surface area contributed by atoms with Crippen molar-refractivity contribution in [2.75, 3.05) is 6.54 Å². The maximum atomic E-state index is 9.70. The fraction of sp³-hybridized carbons (Fsp3) is 1.00. The summed E-state index contributed by atoms with van der Waals surface area (Å²) in [4.78, 5) is 2.49. The summed E-state index contributed by atoms with van der Waals surface area (Å²) in [6.45, 7) is 12.1. The van der Waals surface area contributed by atoms with E-state index in [-0.39, 0.29) is 24.0 Å². The Morgan fingerprint density at radius 2 is 1.71 bits per heavy atom. The highest BCUT2D eigenvalue weighted by molar-refractivity contribution is 5.85. The fourth-order valence-electron chi connectivity index (χ4n) is 2.26. The molecule has 3 unspecified atom stereocenters. The monoisotopic (exact) mass is 221 g/mol. The minimum Gasteiger partial charge on any atom is -0.393 e. The van der Waals surface area contributed by atoms with Crippen LogP contribution in [0.3, 0.4) is 0 Å². The summed E-state index contributed by atoms with van der Waals surface area (Å²) in [5, 5.41) is 9.70. The van der Waals surface area contributed by atoms with Crippen molar-refractivity contribution in [3.8, 4) is 0 Å². The lowest BCUT2D eigenvalue weighted by molar-refractivity contribution is -0.0339. The van der Waals surface area contributed by atoms with Gasteiger partial charge in [-0.05, 0) is 40.0 Å². The van der Waals surface area contributed by atoms with Crippen molar-refractivity contribution < 1.29 is 5.11 Å². The number of aliphatic hydroxyl groups excluding tert-OH is 1. The molecular weight excluding hydrogens is 198 g/mol. The summed E-state index contributed by atoms with van der Waals surface area (Å²) >= 11 is 0. The molecule has 1 N–H and O–H groups in total. The second kappa shape index (κ2) is 4.82. The van der Waals surface area contributed by atoms with Gasteiger partial charge < -0.3 is 5.11 Å². The van der Waals surface area contributed by atoms with E-state index in [9.17, 15) is 5.11 Å². The Labute approximate surface area is 94.1 Å². The van der Waals surface area contributed by atoms with E-state index in [0.29, 0.717) is 12.0 Å². The molecule has 0 spiro atoms. The number of piperidine rings is 1. The normalized spacial score (nSPS) is 35.1. The van der Waals surface area contributed by atoms with E-state index in [2.05, 4.69) is 39.5 Å².